The minimum absolute atomic E-state index is 0.241. The third kappa shape index (κ3) is 2.83. The largest absolute Gasteiger partial charge is 0.444 e. The fourth-order valence-corrected chi connectivity index (χ4v) is 2.63. The van der Waals surface area contributed by atoms with Crippen molar-refractivity contribution in [2.45, 2.75) is 0 Å². The Balaban J connectivity index is 1.55. The van der Waals surface area contributed by atoms with Gasteiger partial charge < -0.3 is 14.2 Å². The van der Waals surface area contributed by atoms with Crippen LogP contribution in [0.3, 0.4) is 0 Å². The summed E-state index contributed by atoms with van der Waals surface area (Å²) in [6.07, 6.45) is 0. The van der Waals surface area contributed by atoms with E-state index in [1.54, 1.807) is 24.3 Å². The number of hydrogen-bond donors (Lipinski definition) is 1. The van der Waals surface area contributed by atoms with Gasteiger partial charge in [0.05, 0.1) is 0 Å². The zero-order valence-electron chi connectivity index (χ0n) is 12.3. The monoisotopic (exact) mass is 382 g/mol. The fraction of sp³-hybridized carbons (Fsp3) is 0. The van der Waals surface area contributed by atoms with Crippen molar-refractivity contribution >= 4 is 38.6 Å². The summed E-state index contributed by atoms with van der Waals surface area (Å²) in [6.45, 7) is 0. The Labute approximate surface area is 145 Å². The molecule has 0 aliphatic heterocycles. The summed E-state index contributed by atoms with van der Waals surface area (Å²) in [6, 6.07) is 18.2. The number of benzene rings is 2. The molecule has 0 fully saturated rings. The molecule has 0 unspecified atom stereocenters. The number of anilines is 1. The van der Waals surface area contributed by atoms with E-state index in [4.69, 9.17) is 8.83 Å². The first-order valence-corrected chi connectivity index (χ1v) is 8.01. The van der Waals surface area contributed by atoms with Crippen LogP contribution in [-0.4, -0.2) is 10.9 Å². The summed E-state index contributed by atoms with van der Waals surface area (Å²) in [5.74, 6) is 0.476. The van der Waals surface area contributed by atoms with Crippen molar-refractivity contribution in [3.05, 3.63) is 71.1 Å². The van der Waals surface area contributed by atoms with Gasteiger partial charge in [0.15, 0.2) is 16.0 Å². The topological polar surface area (TPSA) is 68.3 Å². The van der Waals surface area contributed by atoms with E-state index in [9.17, 15) is 4.79 Å². The lowest BCUT2D eigenvalue weighted by Crippen LogP contribution is -2.10. The van der Waals surface area contributed by atoms with E-state index < -0.39 is 0 Å². The molecule has 118 valence electrons. The number of amides is 1. The van der Waals surface area contributed by atoms with Crippen LogP contribution in [-0.2, 0) is 0 Å². The molecule has 1 amide bonds. The average molecular weight is 383 g/mol. The van der Waals surface area contributed by atoms with E-state index >= 15 is 0 Å². The number of furan rings is 1. The van der Waals surface area contributed by atoms with Crippen LogP contribution in [0.4, 0.5) is 5.69 Å². The summed E-state index contributed by atoms with van der Waals surface area (Å²) < 4.78 is 11.5. The van der Waals surface area contributed by atoms with Crippen LogP contribution in [0.5, 0.6) is 0 Å². The minimum atomic E-state index is -0.310. The first-order valence-electron chi connectivity index (χ1n) is 7.22. The molecule has 2 aromatic heterocycles. The molecule has 24 heavy (non-hydrogen) atoms. The van der Waals surface area contributed by atoms with Gasteiger partial charge in [-0.25, -0.2) is 4.98 Å². The van der Waals surface area contributed by atoms with Gasteiger partial charge in [0.2, 0.25) is 5.89 Å². The van der Waals surface area contributed by atoms with Crippen LogP contribution >= 0.6 is 15.9 Å². The molecule has 0 bridgehead atoms. The minimum Gasteiger partial charge on any atom is -0.444 e. The summed E-state index contributed by atoms with van der Waals surface area (Å²) in [4.78, 5) is 16.5. The highest BCUT2D eigenvalue weighted by Gasteiger charge is 2.11. The van der Waals surface area contributed by atoms with Crippen molar-refractivity contribution in [3.63, 3.8) is 0 Å². The molecule has 4 rings (SSSR count). The van der Waals surface area contributed by atoms with E-state index in [-0.39, 0.29) is 11.7 Å². The average Bonchev–Trinajstić information content (AvgIpc) is 3.21. The van der Waals surface area contributed by atoms with Crippen molar-refractivity contribution in [3.8, 4) is 11.5 Å². The Kier molecular flexibility index (Phi) is 3.66. The van der Waals surface area contributed by atoms with Crippen LogP contribution in [0.1, 0.15) is 10.6 Å². The van der Waals surface area contributed by atoms with Crippen LogP contribution in [0.2, 0.25) is 0 Å². The molecule has 4 aromatic rings. The van der Waals surface area contributed by atoms with Crippen LogP contribution in [0.25, 0.3) is 22.6 Å². The Morgan fingerprint density at radius 1 is 0.958 bits per heavy atom. The Hall–Kier alpha value is -2.86. The van der Waals surface area contributed by atoms with Crippen molar-refractivity contribution in [2.75, 3.05) is 5.32 Å². The number of nitrogens with zero attached hydrogens (tertiary/aromatic N) is 1. The third-order valence-corrected chi connectivity index (χ3v) is 3.91. The number of para-hydroxylation sites is 2. The van der Waals surface area contributed by atoms with Gasteiger partial charge in [0, 0.05) is 11.3 Å². The number of carbonyl (C=O) groups is 1. The molecule has 5 nitrogen and oxygen atoms in total. The lowest BCUT2D eigenvalue weighted by atomic mass is 10.2. The normalized spacial score (nSPS) is 10.9. The summed E-state index contributed by atoms with van der Waals surface area (Å²) in [5.41, 5.74) is 3.05. The summed E-state index contributed by atoms with van der Waals surface area (Å²) in [5, 5.41) is 2.77. The summed E-state index contributed by atoms with van der Waals surface area (Å²) >= 11 is 3.17. The van der Waals surface area contributed by atoms with E-state index in [1.807, 2.05) is 36.4 Å². The smallest absolute Gasteiger partial charge is 0.291 e. The maximum absolute atomic E-state index is 12.0. The summed E-state index contributed by atoms with van der Waals surface area (Å²) in [7, 11) is 0. The standard InChI is InChI=1S/C18H11BrN2O3/c19-16-10-9-15(23-16)17(22)20-12-7-5-11(6-8-12)18-21-13-3-1-2-4-14(13)24-18/h1-10H,(H,20,22). The number of carbonyl (C=O) groups excluding carboxylic acids is 1. The number of halogens is 1. The van der Waals surface area contributed by atoms with Crippen LogP contribution in [0, 0.1) is 0 Å². The Bertz CT molecular complexity index is 985. The van der Waals surface area contributed by atoms with E-state index in [0.717, 1.165) is 16.7 Å². The van der Waals surface area contributed by atoms with Crippen molar-refractivity contribution < 1.29 is 13.6 Å². The molecular formula is C18H11BrN2O3. The number of nitrogens with one attached hydrogen (secondary N) is 1. The molecule has 1 N–H and O–H groups in total. The van der Waals surface area contributed by atoms with E-state index in [2.05, 4.69) is 26.2 Å². The van der Waals surface area contributed by atoms with Gasteiger partial charge in [0.1, 0.15) is 5.52 Å². The number of fused-ring (bicyclic) bond motifs is 1. The van der Waals surface area contributed by atoms with Crippen molar-refractivity contribution in [2.24, 2.45) is 0 Å². The zero-order chi connectivity index (χ0) is 16.5. The molecule has 0 aliphatic carbocycles. The molecule has 0 atom stereocenters. The second-order valence-electron chi connectivity index (χ2n) is 5.12. The highest BCUT2D eigenvalue weighted by molar-refractivity contribution is 9.10. The molecule has 0 saturated carbocycles. The predicted molar refractivity (Wildman–Crippen MR) is 93.8 cm³/mol. The molecule has 0 saturated heterocycles. The van der Waals surface area contributed by atoms with Gasteiger partial charge in [-0.1, -0.05) is 12.1 Å². The molecule has 2 heterocycles. The Morgan fingerprint density at radius 3 is 2.46 bits per heavy atom. The molecule has 2 aromatic carbocycles. The maximum Gasteiger partial charge on any atom is 0.291 e. The predicted octanol–water partition coefficient (Wildman–Crippen LogP) is 5.10. The lowest BCUT2D eigenvalue weighted by molar-refractivity contribution is 0.0995. The number of rotatable bonds is 3. The lowest BCUT2D eigenvalue weighted by Gasteiger charge is -2.03. The van der Waals surface area contributed by atoms with Gasteiger partial charge in [-0.2, -0.15) is 0 Å². The molecule has 6 heteroatoms. The first-order chi connectivity index (χ1) is 11.7. The quantitative estimate of drug-likeness (QED) is 0.534. The zero-order valence-corrected chi connectivity index (χ0v) is 13.9. The van der Waals surface area contributed by atoms with Crippen molar-refractivity contribution in [1.29, 1.82) is 0 Å². The maximum atomic E-state index is 12.0. The number of hydrogen-bond acceptors (Lipinski definition) is 4. The van der Waals surface area contributed by atoms with Crippen molar-refractivity contribution in [1.82, 2.24) is 4.98 Å². The molecule has 0 spiro atoms. The molecule has 0 radical (unpaired) electrons. The fourth-order valence-electron chi connectivity index (χ4n) is 2.32. The van der Waals surface area contributed by atoms with Gasteiger partial charge >= 0.3 is 0 Å². The highest BCUT2D eigenvalue weighted by atomic mass is 79.9. The third-order valence-electron chi connectivity index (χ3n) is 3.48. The van der Waals surface area contributed by atoms with Gasteiger partial charge in [-0.15, -0.1) is 0 Å². The number of aromatic nitrogens is 1. The van der Waals surface area contributed by atoms with Crippen LogP contribution < -0.4 is 5.32 Å². The molecular weight excluding hydrogens is 372 g/mol. The van der Waals surface area contributed by atoms with Gasteiger partial charge in [-0.05, 0) is 64.5 Å². The number of oxazole rings is 1. The van der Waals surface area contributed by atoms with Crippen LogP contribution in [0.15, 0.2) is 74.2 Å². The first kappa shape index (κ1) is 14.7. The highest BCUT2D eigenvalue weighted by Crippen LogP contribution is 2.25. The Morgan fingerprint density at radius 2 is 1.75 bits per heavy atom. The second-order valence-corrected chi connectivity index (χ2v) is 5.90. The molecule has 0 aliphatic rings. The van der Waals surface area contributed by atoms with E-state index in [0.29, 0.717) is 16.2 Å². The van der Waals surface area contributed by atoms with E-state index in [1.165, 1.54) is 0 Å². The van der Waals surface area contributed by atoms with Gasteiger partial charge in [0.25, 0.3) is 5.91 Å². The van der Waals surface area contributed by atoms with Gasteiger partial charge in [-0.3, -0.25) is 4.79 Å². The SMILES string of the molecule is O=C(Nc1ccc(-c2nc3ccccc3o2)cc1)c1ccc(Br)o1. The second kappa shape index (κ2) is 5.98.